The molecule has 0 bridgehead atoms. The Balaban J connectivity index is 1.88. The van der Waals surface area contributed by atoms with Gasteiger partial charge in [-0.1, -0.05) is 0 Å². The zero-order valence-corrected chi connectivity index (χ0v) is 9.81. The van der Waals surface area contributed by atoms with E-state index in [1.54, 1.807) is 17.3 Å². The second-order valence-corrected chi connectivity index (χ2v) is 4.59. The van der Waals surface area contributed by atoms with Crippen molar-refractivity contribution in [3.8, 4) is 0 Å². The van der Waals surface area contributed by atoms with Crippen molar-refractivity contribution in [3.63, 3.8) is 0 Å². The van der Waals surface area contributed by atoms with Crippen LogP contribution in [0.3, 0.4) is 0 Å². The third-order valence-electron chi connectivity index (χ3n) is 3.11. The van der Waals surface area contributed by atoms with Gasteiger partial charge in [-0.25, -0.2) is 0 Å². The number of hydrogen-bond acceptors (Lipinski definition) is 3. The first-order chi connectivity index (χ1) is 7.66. The van der Waals surface area contributed by atoms with Crippen LogP contribution in [0.4, 0.5) is 0 Å². The fraction of sp³-hybridized carbons (Fsp3) is 0.636. The molecule has 1 saturated heterocycles. The first kappa shape index (κ1) is 11.1. The summed E-state index contributed by atoms with van der Waals surface area (Å²) in [6.07, 6.45) is 4.39. The summed E-state index contributed by atoms with van der Waals surface area (Å²) < 4.78 is 0. The van der Waals surface area contributed by atoms with E-state index in [4.69, 9.17) is 0 Å². The smallest absolute Gasteiger partial charge is 0.256 e. The topological polar surface area (TPSA) is 52.2 Å². The number of nitrogens with zero attached hydrogens (tertiary/aromatic N) is 3. The standard InChI is InChI=1S/C11H18N4O/c1-14-4-3-9(7-14)8-15(2)11(16)10-5-12-13-6-10/h5-6,9H,3-4,7-8H2,1-2H3,(H,12,13). The zero-order chi connectivity index (χ0) is 11.5. The van der Waals surface area contributed by atoms with E-state index in [9.17, 15) is 4.79 Å². The molecule has 0 radical (unpaired) electrons. The molecule has 5 nitrogen and oxygen atoms in total. The quantitative estimate of drug-likeness (QED) is 0.807. The monoisotopic (exact) mass is 222 g/mol. The van der Waals surface area contributed by atoms with Crippen LogP contribution in [-0.4, -0.2) is 59.6 Å². The van der Waals surface area contributed by atoms with Crippen LogP contribution in [0.15, 0.2) is 12.4 Å². The SMILES string of the molecule is CN1CCC(CN(C)C(=O)c2cn[nH]c2)C1. The molecule has 5 heteroatoms. The van der Waals surface area contributed by atoms with Crippen LogP contribution in [0.2, 0.25) is 0 Å². The summed E-state index contributed by atoms with van der Waals surface area (Å²) in [6.45, 7) is 3.05. The summed E-state index contributed by atoms with van der Waals surface area (Å²) >= 11 is 0. The molecule has 0 aliphatic carbocycles. The highest BCUT2D eigenvalue weighted by atomic mass is 16.2. The Morgan fingerprint density at radius 2 is 2.56 bits per heavy atom. The minimum atomic E-state index is 0.0447. The van der Waals surface area contributed by atoms with Crippen molar-refractivity contribution in [1.82, 2.24) is 20.0 Å². The van der Waals surface area contributed by atoms with Gasteiger partial charge in [-0.05, 0) is 25.9 Å². The lowest BCUT2D eigenvalue weighted by Crippen LogP contribution is -2.32. The molecule has 1 aliphatic rings. The number of likely N-dealkylation sites (tertiary alicyclic amines) is 1. The number of rotatable bonds is 3. The normalized spacial score (nSPS) is 21.2. The number of aromatic amines is 1. The Kier molecular flexibility index (Phi) is 3.24. The Morgan fingerprint density at radius 1 is 1.75 bits per heavy atom. The number of aromatic nitrogens is 2. The number of amides is 1. The number of carbonyl (C=O) groups is 1. The first-order valence-electron chi connectivity index (χ1n) is 5.59. The molecule has 88 valence electrons. The van der Waals surface area contributed by atoms with Crippen LogP contribution in [0.5, 0.6) is 0 Å². The van der Waals surface area contributed by atoms with Gasteiger partial charge in [0, 0.05) is 26.3 Å². The molecule has 1 aromatic heterocycles. The van der Waals surface area contributed by atoms with Crippen molar-refractivity contribution in [3.05, 3.63) is 18.0 Å². The maximum Gasteiger partial charge on any atom is 0.256 e. The Labute approximate surface area is 95.4 Å². The molecule has 0 aromatic carbocycles. The van der Waals surface area contributed by atoms with Crippen molar-refractivity contribution in [1.29, 1.82) is 0 Å². The molecule has 0 spiro atoms. The maximum absolute atomic E-state index is 11.9. The van der Waals surface area contributed by atoms with Crippen LogP contribution < -0.4 is 0 Å². The highest BCUT2D eigenvalue weighted by Gasteiger charge is 2.23. The van der Waals surface area contributed by atoms with Crippen molar-refractivity contribution in [2.75, 3.05) is 33.7 Å². The number of H-pyrrole nitrogens is 1. The molecule has 16 heavy (non-hydrogen) atoms. The Morgan fingerprint density at radius 3 is 3.12 bits per heavy atom. The van der Waals surface area contributed by atoms with Crippen LogP contribution in [0.25, 0.3) is 0 Å². The van der Waals surface area contributed by atoms with E-state index in [1.165, 1.54) is 6.42 Å². The molecule has 2 rings (SSSR count). The van der Waals surface area contributed by atoms with Crippen molar-refractivity contribution in [2.24, 2.45) is 5.92 Å². The van der Waals surface area contributed by atoms with E-state index in [1.807, 2.05) is 7.05 Å². The number of carbonyl (C=O) groups excluding carboxylic acids is 1. The number of hydrogen-bond donors (Lipinski definition) is 1. The highest BCUT2D eigenvalue weighted by molar-refractivity contribution is 5.93. The molecule has 1 aromatic rings. The summed E-state index contributed by atoms with van der Waals surface area (Å²) in [5, 5.41) is 6.45. The minimum Gasteiger partial charge on any atom is -0.341 e. The van der Waals surface area contributed by atoms with E-state index >= 15 is 0 Å². The van der Waals surface area contributed by atoms with E-state index in [-0.39, 0.29) is 5.91 Å². The largest absolute Gasteiger partial charge is 0.341 e. The average Bonchev–Trinajstić information content (AvgIpc) is 2.88. The summed E-state index contributed by atoms with van der Waals surface area (Å²) in [4.78, 5) is 16.0. The van der Waals surface area contributed by atoms with E-state index < -0.39 is 0 Å². The van der Waals surface area contributed by atoms with Crippen molar-refractivity contribution < 1.29 is 4.79 Å². The summed E-state index contributed by atoms with van der Waals surface area (Å²) in [6, 6.07) is 0. The van der Waals surface area contributed by atoms with Crippen LogP contribution in [0, 0.1) is 5.92 Å². The van der Waals surface area contributed by atoms with Crippen molar-refractivity contribution in [2.45, 2.75) is 6.42 Å². The van der Waals surface area contributed by atoms with Crippen LogP contribution in [-0.2, 0) is 0 Å². The average molecular weight is 222 g/mol. The van der Waals surface area contributed by atoms with E-state index in [2.05, 4.69) is 22.1 Å². The van der Waals surface area contributed by atoms with E-state index in [0.717, 1.165) is 19.6 Å². The molecule has 0 saturated carbocycles. The zero-order valence-electron chi connectivity index (χ0n) is 9.81. The van der Waals surface area contributed by atoms with Gasteiger partial charge in [-0.15, -0.1) is 0 Å². The second-order valence-electron chi connectivity index (χ2n) is 4.59. The molecule has 1 fully saturated rings. The molecule has 1 atom stereocenters. The second kappa shape index (κ2) is 4.65. The molecular formula is C11H18N4O. The van der Waals surface area contributed by atoms with Gasteiger partial charge in [0.15, 0.2) is 0 Å². The van der Waals surface area contributed by atoms with Gasteiger partial charge < -0.3 is 9.80 Å². The van der Waals surface area contributed by atoms with Gasteiger partial charge in [0.25, 0.3) is 5.91 Å². The Bertz CT molecular complexity index is 349. The third-order valence-corrected chi connectivity index (χ3v) is 3.11. The van der Waals surface area contributed by atoms with Gasteiger partial charge in [-0.3, -0.25) is 9.89 Å². The lowest BCUT2D eigenvalue weighted by molar-refractivity contribution is 0.0774. The van der Waals surface area contributed by atoms with Gasteiger partial charge in [0.05, 0.1) is 11.8 Å². The first-order valence-corrected chi connectivity index (χ1v) is 5.59. The summed E-state index contributed by atoms with van der Waals surface area (Å²) in [5.74, 6) is 0.647. The predicted molar refractivity (Wildman–Crippen MR) is 61.2 cm³/mol. The maximum atomic E-state index is 11.9. The predicted octanol–water partition coefficient (Wildman–Crippen LogP) is 0.433. The minimum absolute atomic E-state index is 0.0447. The number of nitrogens with one attached hydrogen (secondary N) is 1. The third kappa shape index (κ3) is 2.41. The van der Waals surface area contributed by atoms with Crippen molar-refractivity contribution >= 4 is 5.91 Å². The van der Waals surface area contributed by atoms with Gasteiger partial charge >= 0.3 is 0 Å². The molecule has 1 unspecified atom stereocenters. The Hall–Kier alpha value is -1.36. The highest BCUT2D eigenvalue weighted by Crippen LogP contribution is 2.15. The van der Waals surface area contributed by atoms with Gasteiger partial charge in [0.2, 0.25) is 0 Å². The van der Waals surface area contributed by atoms with Crippen LogP contribution in [0.1, 0.15) is 16.8 Å². The van der Waals surface area contributed by atoms with Gasteiger partial charge in [-0.2, -0.15) is 5.10 Å². The van der Waals surface area contributed by atoms with Crippen LogP contribution >= 0.6 is 0 Å². The lowest BCUT2D eigenvalue weighted by atomic mass is 10.1. The molecule has 1 N–H and O–H groups in total. The van der Waals surface area contributed by atoms with Gasteiger partial charge in [0.1, 0.15) is 0 Å². The molecule has 2 heterocycles. The fourth-order valence-electron chi connectivity index (χ4n) is 2.23. The summed E-state index contributed by atoms with van der Waals surface area (Å²) in [7, 11) is 3.98. The molecular weight excluding hydrogens is 204 g/mol. The molecule has 1 aliphatic heterocycles. The molecule has 1 amide bonds. The lowest BCUT2D eigenvalue weighted by Gasteiger charge is -2.20. The summed E-state index contributed by atoms with van der Waals surface area (Å²) in [5.41, 5.74) is 0.633. The fourth-order valence-corrected chi connectivity index (χ4v) is 2.23. The van der Waals surface area contributed by atoms with E-state index in [0.29, 0.717) is 11.5 Å².